The maximum Gasteiger partial charge on any atom is 0.336 e. The molecule has 0 heterocycles. The summed E-state index contributed by atoms with van der Waals surface area (Å²) < 4.78 is 0. The molecule has 0 saturated carbocycles. The first-order valence-corrected chi connectivity index (χ1v) is 5.70. The highest BCUT2D eigenvalue weighted by molar-refractivity contribution is 7.99. The predicted octanol–water partition coefficient (Wildman–Crippen LogP) is 2.50. The van der Waals surface area contributed by atoms with Gasteiger partial charge in [0, 0.05) is 4.90 Å². The van der Waals surface area contributed by atoms with Crippen molar-refractivity contribution in [2.24, 2.45) is 0 Å². The van der Waals surface area contributed by atoms with Gasteiger partial charge in [0.1, 0.15) is 0 Å². The third-order valence-corrected chi connectivity index (χ3v) is 3.02. The molecule has 0 saturated heterocycles. The van der Waals surface area contributed by atoms with Gasteiger partial charge >= 0.3 is 11.9 Å². The van der Waals surface area contributed by atoms with E-state index in [1.165, 1.54) is 17.8 Å². The molecule has 0 fully saturated rings. The van der Waals surface area contributed by atoms with Crippen LogP contribution in [0, 0.1) is 6.92 Å². The minimum absolute atomic E-state index is 0.0397. The smallest absolute Gasteiger partial charge is 0.336 e. The summed E-state index contributed by atoms with van der Waals surface area (Å²) in [5.74, 6) is -1.46. The lowest BCUT2D eigenvalue weighted by atomic mass is 10.1. The molecule has 1 rings (SSSR count). The molecule has 0 radical (unpaired) electrons. The largest absolute Gasteiger partial charge is 0.478 e. The van der Waals surface area contributed by atoms with Gasteiger partial charge in [0.05, 0.1) is 11.1 Å². The van der Waals surface area contributed by atoms with Gasteiger partial charge in [-0.25, -0.2) is 9.59 Å². The number of hydrogen-bond donors (Lipinski definition) is 2. The normalized spacial score (nSPS) is 10.1. The predicted molar refractivity (Wildman–Crippen MR) is 61.5 cm³/mol. The highest BCUT2D eigenvalue weighted by atomic mass is 32.2. The average molecular weight is 240 g/mol. The van der Waals surface area contributed by atoms with E-state index in [-0.39, 0.29) is 11.1 Å². The molecule has 4 nitrogen and oxygen atoms in total. The third-order valence-electron chi connectivity index (χ3n) is 2.09. The maximum absolute atomic E-state index is 11.0. The van der Waals surface area contributed by atoms with Gasteiger partial charge in [-0.15, -0.1) is 11.8 Å². The van der Waals surface area contributed by atoms with E-state index in [2.05, 4.69) is 0 Å². The van der Waals surface area contributed by atoms with E-state index >= 15 is 0 Å². The fourth-order valence-electron chi connectivity index (χ4n) is 1.35. The van der Waals surface area contributed by atoms with E-state index < -0.39 is 11.9 Å². The second kappa shape index (κ2) is 5.03. The Morgan fingerprint density at radius 3 is 2.19 bits per heavy atom. The van der Waals surface area contributed by atoms with Gasteiger partial charge in [-0.05, 0) is 30.4 Å². The second-order valence-electron chi connectivity index (χ2n) is 3.21. The molecule has 0 aliphatic rings. The topological polar surface area (TPSA) is 74.6 Å². The Hall–Kier alpha value is -1.49. The Labute approximate surface area is 97.3 Å². The number of aryl methyl sites for hydroxylation is 1. The minimum atomic E-state index is -1.10. The summed E-state index contributed by atoms with van der Waals surface area (Å²) in [6.45, 7) is 3.57. The van der Waals surface area contributed by atoms with Crippen molar-refractivity contribution in [3.8, 4) is 0 Å². The molecule has 0 amide bonds. The molecule has 1 aromatic carbocycles. The third kappa shape index (κ3) is 2.55. The molecule has 0 aliphatic carbocycles. The molecule has 0 bridgehead atoms. The first kappa shape index (κ1) is 12.6. The van der Waals surface area contributed by atoms with Gasteiger partial charge < -0.3 is 10.2 Å². The van der Waals surface area contributed by atoms with Crippen molar-refractivity contribution in [2.75, 3.05) is 5.75 Å². The summed E-state index contributed by atoms with van der Waals surface area (Å²) in [4.78, 5) is 22.5. The minimum Gasteiger partial charge on any atom is -0.478 e. The lowest BCUT2D eigenvalue weighted by molar-refractivity contribution is 0.0693. The Morgan fingerprint density at radius 1 is 1.19 bits per heavy atom. The van der Waals surface area contributed by atoms with E-state index in [4.69, 9.17) is 10.2 Å². The maximum atomic E-state index is 11.0. The first-order valence-electron chi connectivity index (χ1n) is 4.71. The Bertz CT molecular complexity index is 440. The number of carboxylic acid groups (broad SMARTS) is 2. The Balaban J connectivity index is 3.36. The highest BCUT2D eigenvalue weighted by Gasteiger charge is 2.16. The van der Waals surface area contributed by atoms with Crippen molar-refractivity contribution in [3.63, 3.8) is 0 Å². The summed E-state index contributed by atoms with van der Waals surface area (Å²) in [7, 11) is 0. The number of aromatic carboxylic acids is 2. The van der Waals surface area contributed by atoms with Crippen LogP contribution < -0.4 is 0 Å². The van der Waals surface area contributed by atoms with Gasteiger partial charge in [0.25, 0.3) is 0 Å². The van der Waals surface area contributed by atoms with Crippen molar-refractivity contribution in [1.29, 1.82) is 0 Å². The molecule has 86 valence electrons. The standard InChI is InChI=1S/C11H12O4S/c1-3-16-9-4-6(2)7(10(12)13)5-8(9)11(14)15/h4-5H,3H2,1-2H3,(H,12,13)(H,14,15). The molecule has 1 aromatic rings. The molecule has 2 N–H and O–H groups in total. The first-order chi connectivity index (χ1) is 7.47. The highest BCUT2D eigenvalue weighted by Crippen LogP contribution is 2.26. The van der Waals surface area contributed by atoms with Crippen LogP contribution in [-0.4, -0.2) is 27.9 Å². The lowest BCUT2D eigenvalue weighted by Crippen LogP contribution is -2.06. The van der Waals surface area contributed by atoms with Crippen LogP contribution in [0.4, 0.5) is 0 Å². The number of thioether (sulfide) groups is 1. The van der Waals surface area contributed by atoms with Gasteiger partial charge in [-0.1, -0.05) is 6.92 Å². The summed E-state index contributed by atoms with van der Waals surface area (Å²) in [6, 6.07) is 2.83. The van der Waals surface area contributed by atoms with Crippen molar-refractivity contribution in [3.05, 3.63) is 28.8 Å². The molecule has 16 heavy (non-hydrogen) atoms. The van der Waals surface area contributed by atoms with Crippen LogP contribution in [0.1, 0.15) is 33.2 Å². The zero-order valence-corrected chi connectivity index (χ0v) is 9.80. The van der Waals surface area contributed by atoms with Gasteiger partial charge in [-0.2, -0.15) is 0 Å². The summed E-state index contributed by atoms with van der Waals surface area (Å²) in [6.07, 6.45) is 0. The van der Waals surface area contributed by atoms with E-state index in [0.717, 1.165) is 5.75 Å². The van der Waals surface area contributed by atoms with Crippen LogP contribution in [0.5, 0.6) is 0 Å². The van der Waals surface area contributed by atoms with Crippen LogP contribution in [-0.2, 0) is 0 Å². The molecule has 0 aromatic heterocycles. The van der Waals surface area contributed by atoms with E-state index in [1.807, 2.05) is 6.92 Å². The van der Waals surface area contributed by atoms with Crippen LogP contribution in [0.25, 0.3) is 0 Å². The molecular formula is C11H12O4S. The van der Waals surface area contributed by atoms with E-state index in [1.54, 1.807) is 13.0 Å². The SMILES string of the molecule is CCSc1cc(C)c(C(=O)O)cc1C(=O)O. The molecular weight excluding hydrogens is 228 g/mol. The van der Waals surface area contributed by atoms with Crippen molar-refractivity contribution in [2.45, 2.75) is 18.7 Å². The number of carboxylic acids is 2. The average Bonchev–Trinajstić information content (AvgIpc) is 2.17. The molecule has 5 heteroatoms. The van der Waals surface area contributed by atoms with Crippen LogP contribution in [0.2, 0.25) is 0 Å². The fraction of sp³-hybridized carbons (Fsp3) is 0.273. The van der Waals surface area contributed by atoms with Crippen LogP contribution >= 0.6 is 11.8 Å². The Morgan fingerprint density at radius 2 is 1.75 bits per heavy atom. The second-order valence-corrected chi connectivity index (χ2v) is 4.51. The number of rotatable bonds is 4. The number of carbonyl (C=O) groups is 2. The molecule has 0 spiro atoms. The van der Waals surface area contributed by atoms with Crippen molar-refractivity contribution >= 4 is 23.7 Å². The van der Waals surface area contributed by atoms with Crippen LogP contribution in [0.3, 0.4) is 0 Å². The zero-order chi connectivity index (χ0) is 12.3. The number of benzene rings is 1. The molecule has 0 atom stereocenters. The molecule has 0 aliphatic heterocycles. The summed E-state index contributed by atoms with van der Waals surface area (Å²) in [5, 5.41) is 17.9. The van der Waals surface area contributed by atoms with Crippen LogP contribution in [0.15, 0.2) is 17.0 Å². The quantitative estimate of drug-likeness (QED) is 0.791. The monoisotopic (exact) mass is 240 g/mol. The van der Waals surface area contributed by atoms with Crippen molar-refractivity contribution < 1.29 is 19.8 Å². The fourth-order valence-corrected chi connectivity index (χ4v) is 2.23. The van der Waals surface area contributed by atoms with E-state index in [9.17, 15) is 9.59 Å². The molecule has 0 unspecified atom stereocenters. The van der Waals surface area contributed by atoms with Gasteiger partial charge in [0.15, 0.2) is 0 Å². The van der Waals surface area contributed by atoms with Crippen molar-refractivity contribution in [1.82, 2.24) is 0 Å². The Kier molecular flexibility index (Phi) is 3.95. The summed E-state index contributed by atoms with van der Waals surface area (Å²) in [5.41, 5.74) is 0.668. The summed E-state index contributed by atoms with van der Waals surface area (Å²) >= 11 is 1.39. The lowest BCUT2D eigenvalue weighted by Gasteiger charge is -2.08. The zero-order valence-electron chi connectivity index (χ0n) is 8.98. The van der Waals surface area contributed by atoms with E-state index in [0.29, 0.717) is 10.5 Å². The van der Waals surface area contributed by atoms with Gasteiger partial charge in [-0.3, -0.25) is 0 Å². The van der Waals surface area contributed by atoms with Gasteiger partial charge in [0.2, 0.25) is 0 Å². The number of hydrogen-bond acceptors (Lipinski definition) is 3.